The summed E-state index contributed by atoms with van der Waals surface area (Å²) in [4.78, 5) is 12.8. The molecule has 1 unspecified atom stereocenters. The minimum atomic E-state index is 0.281. The van der Waals surface area contributed by atoms with Gasteiger partial charge in [-0.25, -0.2) is 9.97 Å². The Hall–Kier alpha value is -2.61. The number of nitrogen functional groups attached to an aromatic ring is 1. The van der Waals surface area contributed by atoms with Gasteiger partial charge in [0.2, 0.25) is 0 Å². The van der Waals surface area contributed by atoms with Gasteiger partial charge in [-0.15, -0.1) is 0 Å². The van der Waals surface area contributed by atoms with Crippen LogP contribution in [0.5, 0.6) is 0 Å². The van der Waals surface area contributed by atoms with Crippen molar-refractivity contribution in [2.75, 3.05) is 17.2 Å². The van der Waals surface area contributed by atoms with Gasteiger partial charge in [0, 0.05) is 29.8 Å². The Kier molecular flexibility index (Phi) is 5.80. The lowest BCUT2D eigenvalue weighted by molar-refractivity contribution is 0.277. The zero-order valence-corrected chi connectivity index (χ0v) is 20.5. The van der Waals surface area contributed by atoms with Crippen LogP contribution in [0.2, 0.25) is 0 Å². The van der Waals surface area contributed by atoms with Crippen molar-refractivity contribution < 1.29 is 0 Å². The van der Waals surface area contributed by atoms with Gasteiger partial charge >= 0.3 is 0 Å². The molecule has 0 radical (unpaired) electrons. The number of nitrogens with two attached hydrogens (primary N) is 1. The van der Waals surface area contributed by atoms with Crippen LogP contribution < -0.4 is 10.6 Å². The van der Waals surface area contributed by atoms with E-state index in [1.807, 2.05) is 6.07 Å². The molecule has 5 heteroatoms. The molecule has 1 saturated carbocycles. The molecule has 0 amide bonds. The molecule has 174 valence electrons. The first-order valence-corrected chi connectivity index (χ1v) is 13.0. The van der Waals surface area contributed by atoms with Crippen LogP contribution in [0.4, 0.5) is 11.5 Å². The van der Waals surface area contributed by atoms with Crippen LogP contribution >= 0.6 is 0 Å². The highest BCUT2D eigenvalue weighted by atomic mass is 15.3. The average Bonchev–Trinajstić information content (AvgIpc) is 3.34. The Bertz CT molecular complexity index is 1090. The lowest BCUT2D eigenvalue weighted by Crippen LogP contribution is -2.59. The predicted octanol–water partition coefficient (Wildman–Crippen LogP) is 5.80. The fourth-order valence-corrected chi connectivity index (χ4v) is 6.56. The van der Waals surface area contributed by atoms with E-state index >= 15 is 0 Å². The zero-order valence-electron chi connectivity index (χ0n) is 20.5. The molecule has 0 bridgehead atoms. The summed E-state index contributed by atoms with van der Waals surface area (Å²) in [7, 11) is 0. The van der Waals surface area contributed by atoms with Crippen LogP contribution in [0.1, 0.15) is 111 Å². The first kappa shape index (κ1) is 22.2. The monoisotopic (exact) mass is 443 g/mol. The van der Waals surface area contributed by atoms with E-state index in [0.717, 1.165) is 44.5 Å². The third-order valence-electron chi connectivity index (χ3n) is 8.75. The molecule has 33 heavy (non-hydrogen) atoms. The molecule has 2 atom stereocenters. The number of hydrogen-bond donors (Lipinski definition) is 1. The second-order valence-electron chi connectivity index (χ2n) is 10.5. The van der Waals surface area contributed by atoms with Gasteiger partial charge in [0.05, 0.1) is 11.3 Å². The van der Waals surface area contributed by atoms with Crippen LogP contribution in [-0.4, -0.2) is 22.1 Å². The first-order valence-electron chi connectivity index (χ1n) is 13.0. The second kappa shape index (κ2) is 8.63. The van der Waals surface area contributed by atoms with Crippen molar-refractivity contribution in [1.29, 1.82) is 5.26 Å². The number of aryl methyl sites for hydroxylation is 1. The highest BCUT2D eigenvalue weighted by Gasteiger charge is 2.48. The fourth-order valence-electron chi connectivity index (χ4n) is 6.56. The van der Waals surface area contributed by atoms with Crippen LogP contribution in [0.3, 0.4) is 0 Å². The molecule has 3 aliphatic rings. The van der Waals surface area contributed by atoms with Crippen molar-refractivity contribution in [1.82, 2.24) is 9.97 Å². The Morgan fingerprint density at radius 1 is 1.21 bits per heavy atom. The van der Waals surface area contributed by atoms with Crippen molar-refractivity contribution in [3.8, 4) is 6.07 Å². The van der Waals surface area contributed by atoms with Gasteiger partial charge in [-0.3, -0.25) is 0 Å². The summed E-state index contributed by atoms with van der Waals surface area (Å²) in [6, 6.07) is 6.51. The van der Waals surface area contributed by atoms with E-state index in [2.05, 4.69) is 37.8 Å². The Morgan fingerprint density at radius 2 is 2.00 bits per heavy atom. The third kappa shape index (κ3) is 3.59. The van der Waals surface area contributed by atoms with Gasteiger partial charge in [0.1, 0.15) is 17.7 Å². The summed E-state index contributed by atoms with van der Waals surface area (Å²) in [5.74, 6) is 2.87. The first-order chi connectivity index (χ1) is 16.0. The van der Waals surface area contributed by atoms with Gasteiger partial charge in [-0.05, 0) is 74.0 Å². The van der Waals surface area contributed by atoms with Gasteiger partial charge in [-0.1, -0.05) is 39.7 Å². The largest absolute Gasteiger partial charge is 0.398 e. The van der Waals surface area contributed by atoms with Crippen molar-refractivity contribution in [3.05, 3.63) is 45.9 Å². The lowest BCUT2D eigenvalue weighted by Gasteiger charge is -2.53. The fraction of sp³-hybridized carbons (Fsp3) is 0.607. The molecule has 5 nitrogen and oxygen atoms in total. The van der Waals surface area contributed by atoms with Crippen molar-refractivity contribution in [3.63, 3.8) is 0 Å². The maximum atomic E-state index is 10.00. The molecule has 2 heterocycles. The molecule has 1 aromatic heterocycles. The number of fused-ring (bicyclic) bond motifs is 1. The summed E-state index contributed by atoms with van der Waals surface area (Å²) >= 11 is 0. The Balaban J connectivity index is 1.56. The van der Waals surface area contributed by atoms with Crippen molar-refractivity contribution >= 4 is 11.5 Å². The SMILES string of the molecule is CCc1nc2c(c(N3CCC34CCCC4)n1)CCC(c1c([C@@H](C)CC)ccc(N)c1C#N)C2. The minimum absolute atomic E-state index is 0.281. The number of hydrogen-bond acceptors (Lipinski definition) is 5. The van der Waals surface area contributed by atoms with E-state index < -0.39 is 0 Å². The maximum absolute atomic E-state index is 10.00. The molecular formula is C28H37N5. The quantitative estimate of drug-likeness (QED) is 0.591. The number of nitrogens with zero attached hydrogens (tertiary/aromatic N) is 4. The third-order valence-corrected chi connectivity index (χ3v) is 8.75. The highest BCUT2D eigenvalue weighted by Crippen LogP contribution is 2.49. The number of nitriles is 1. The standard InChI is InChI=1S/C28H37N5/c1-4-18(3)20-10-11-23(30)22(17-29)26(20)19-8-9-21-24(16-19)31-25(5-2)32-27(21)33-15-14-28(33)12-6-7-13-28/h10-11,18-19H,4-9,12-16,30H2,1-3H3/t18-,19?/m0/s1. The topological polar surface area (TPSA) is 78.8 Å². The van der Waals surface area contributed by atoms with Crippen LogP contribution in [0.25, 0.3) is 0 Å². The number of aromatic nitrogens is 2. The zero-order chi connectivity index (χ0) is 23.2. The van der Waals surface area contributed by atoms with Crippen molar-refractivity contribution in [2.45, 2.75) is 102 Å². The molecular weight excluding hydrogens is 406 g/mol. The van der Waals surface area contributed by atoms with Crippen LogP contribution in [0, 0.1) is 11.3 Å². The highest BCUT2D eigenvalue weighted by molar-refractivity contribution is 5.63. The van der Waals surface area contributed by atoms with E-state index in [1.165, 1.54) is 60.3 Å². The Morgan fingerprint density at radius 3 is 2.64 bits per heavy atom. The number of benzene rings is 1. The van der Waals surface area contributed by atoms with Crippen molar-refractivity contribution in [2.24, 2.45) is 0 Å². The molecule has 5 rings (SSSR count). The lowest BCUT2D eigenvalue weighted by atomic mass is 9.75. The smallest absolute Gasteiger partial charge is 0.136 e. The molecule has 1 aromatic carbocycles. The number of anilines is 2. The molecule has 2 fully saturated rings. The van der Waals surface area contributed by atoms with Gasteiger partial charge in [-0.2, -0.15) is 5.26 Å². The van der Waals surface area contributed by atoms with E-state index in [9.17, 15) is 5.26 Å². The van der Waals surface area contributed by atoms with E-state index in [1.54, 1.807) is 0 Å². The van der Waals surface area contributed by atoms with E-state index in [0.29, 0.717) is 22.7 Å². The number of rotatable bonds is 5. The van der Waals surface area contributed by atoms with E-state index in [-0.39, 0.29) is 5.92 Å². The van der Waals surface area contributed by atoms with Gasteiger partial charge < -0.3 is 10.6 Å². The molecule has 1 spiro atoms. The molecule has 2 aliphatic carbocycles. The van der Waals surface area contributed by atoms with Gasteiger partial charge in [0.15, 0.2) is 0 Å². The molecule has 1 saturated heterocycles. The summed E-state index contributed by atoms with van der Waals surface area (Å²) < 4.78 is 0. The molecule has 2 N–H and O–H groups in total. The summed E-state index contributed by atoms with van der Waals surface area (Å²) in [6.07, 6.45) is 11.4. The summed E-state index contributed by atoms with van der Waals surface area (Å²) in [6.45, 7) is 7.75. The summed E-state index contributed by atoms with van der Waals surface area (Å²) in [5, 5.41) is 10.00. The summed E-state index contributed by atoms with van der Waals surface area (Å²) in [5.41, 5.74) is 13.0. The molecule has 2 aromatic rings. The van der Waals surface area contributed by atoms with Crippen LogP contribution in [-0.2, 0) is 19.3 Å². The normalized spacial score (nSPS) is 22.0. The minimum Gasteiger partial charge on any atom is -0.398 e. The van der Waals surface area contributed by atoms with Gasteiger partial charge in [0.25, 0.3) is 0 Å². The predicted molar refractivity (Wildman–Crippen MR) is 134 cm³/mol. The average molecular weight is 444 g/mol. The second-order valence-corrected chi connectivity index (χ2v) is 10.5. The van der Waals surface area contributed by atoms with E-state index in [4.69, 9.17) is 15.7 Å². The maximum Gasteiger partial charge on any atom is 0.136 e. The van der Waals surface area contributed by atoms with Crippen LogP contribution in [0.15, 0.2) is 12.1 Å². The molecule has 1 aliphatic heterocycles. The Labute approximate surface area is 198 Å².